The Balaban J connectivity index is 1.87. The minimum Gasteiger partial charge on any atom is -0.352 e. The highest BCUT2D eigenvalue weighted by molar-refractivity contribution is 5.88. The fourth-order valence-corrected chi connectivity index (χ4v) is 3.24. The molecule has 0 aromatic carbocycles. The third kappa shape index (κ3) is 3.71. The van der Waals surface area contributed by atoms with Gasteiger partial charge < -0.3 is 10.2 Å². The van der Waals surface area contributed by atoms with Crippen LogP contribution in [0.1, 0.15) is 64.7 Å². The normalized spacial score (nSPS) is 24.5. The summed E-state index contributed by atoms with van der Waals surface area (Å²) in [6.07, 6.45) is 9.12. The molecule has 1 saturated heterocycles. The first-order valence-corrected chi connectivity index (χ1v) is 7.82. The molecule has 4 heteroatoms. The van der Waals surface area contributed by atoms with Crippen LogP contribution in [0.3, 0.4) is 0 Å². The van der Waals surface area contributed by atoms with Crippen LogP contribution < -0.4 is 5.32 Å². The van der Waals surface area contributed by atoms with Crippen molar-refractivity contribution in [1.82, 2.24) is 10.2 Å². The summed E-state index contributed by atoms with van der Waals surface area (Å²) in [6.45, 7) is 2.76. The first-order valence-electron chi connectivity index (χ1n) is 7.82. The lowest BCUT2D eigenvalue weighted by Crippen LogP contribution is -2.49. The summed E-state index contributed by atoms with van der Waals surface area (Å²) in [5, 5.41) is 3.15. The molecule has 2 fully saturated rings. The quantitative estimate of drug-likeness (QED) is 0.848. The third-order valence-corrected chi connectivity index (χ3v) is 4.29. The van der Waals surface area contributed by atoms with Gasteiger partial charge in [0.1, 0.15) is 6.04 Å². The van der Waals surface area contributed by atoms with Crippen molar-refractivity contribution in [2.45, 2.75) is 76.8 Å². The van der Waals surface area contributed by atoms with E-state index in [4.69, 9.17) is 0 Å². The average Bonchev–Trinajstić information content (AvgIpc) is 2.89. The summed E-state index contributed by atoms with van der Waals surface area (Å²) < 4.78 is 0. The molecule has 2 amide bonds. The number of likely N-dealkylation sites (tertiary alicyclic amines) is 1. The number of nitrogens with one attached hydrogen (secondary N) is 1. The average molecular weight is 266 g/mol. The van der Waals surface area contributed by atoms with Crippen LogP contribution >= 0.6 is 0 Å². The summed E-state index contributed by atoms with van der Waals surface area (Å²) >= 11 is 0. The Hall–Kier alpha value is -1.06. The maximum absolute atomic E-state index is 12.3. The predicted octanol–water partition coefficient (Wildman–Crippen LogP) is 2.23. The Labute approximate surface area is 115 Å². The van der Waals surface area contributed by atoms with Crippen molar-refractivity contribution in [1.29, 1.82) is 0 Å². The molecular weight excluding hydrogens is 240 g/mol. The maximum Gasteiger partial charge on any atom is 0.243 e. The molecule has 1 aliphatic carbocycles. The van der Waals surface area contributed by atoms with Gasteiger partial charge in [-0.05, 0) is 32.1 Å². The number of nitrogens with zero attached hydrogens (tertiary/aromatic N) is 1. The van der Waals surface area contributed by atoms with Crippen molar-refractivity contribution in [3.05, 3.63) is 0 Å². The Bertz CT molecular complexity index is 324. The van der Waals surface area contributed by atoms with E-state index in [-0.39, 0.29) is 17.9 Å². The van der Waals surface area contributed by atoms with E-state index in [1.165, 1.54) is 19.3 Å². The largest absolute Gasteiger partial charge is 0.352 e. The second kappa shape index (κ2) is 6.92. The van der Waals surface area contributed by atoms with E-state index < -0.39 is 0 Å². The molecule has 0 unspecified atom stereocenters. The first kappa shape index (κ1) is 14.4. The number of carbonyl (C=O) groups is 2. The van der Waals surface area contributed by atoms with Crippen LogP contribution in [0.2, 0.25) is 0 Å². The summed E-state index contributed by atoms with van der Waals surface area (Å²) in [5.41, 5.74) is 0. The molecule has 1 atom stereocenters. The highest BCUT2D eigenvalue weighted by Crippen LogP contribution is 2.21. The number of hydrogen-bond acceptors (Lipinski definition) is 2. The second-order valence-electron chi connectivity index (χ2n) is 5.84. The Kier molecular flexibility index (Phi) is 5.23. The lowest BCUT2D eigenvalue weighted by Gasteiger charge is -2.28. The predicted molar refractivity (Wildman–Crippen MR) is 74.7 cm³/mol. The van der Waals surface area contributed by atoms with Crippen LogP contribution in [0, 0.1) is 0 Å². The number of amides is 2. The summed E-state index contributed by atoms with van der Waals surface area (Å²) in [4.78, 5) is 26.1. The van der Waals surface area contributed by atoms with E-state index in [2.05, 4.69) is 5.32 Å². The fourth-order valence-electron chi connectivity index (χ4n) is 3.24. The standard InChI is InChI=1S/C15H26N2O2/c1-2-7-14(18)17-11-6-10-13(17)15(19)16-12-8-4-3-5-9-12/h12-13H,2-11H2,1H3,(H,16,19)/t13-/m1/s1. The second-order valence-corrected chi connectivity index (χ2v) is 5.84. The van der Waals surface area contributed by atoms with Gasteiger partial charge in [-0.15, -0.1) is 0 Å². The molecule has 19 heavy (non-hydrogen) atoms. The van der Waals surface area contributed by atoms with Crippen LogP contribution in [0.15, 0.2) is 0 Å². The zero-order valence-corrected chi connectivity index (χ0v) is 12.0. The van der Waals surface area contributed by atoms with Gasteiger partial charge >= 0.3 is 0 Å². The molecule has 108 valence electrons. The zero-order chi connectivity index (χ0) is 13.7. The molecule has 0 aromatic heterocycles. The molecule has 1 saturated carbocycles. The smallest absolute Gasteiger partial charge is 0.243 e. The summed E-state index contributed by atoms with van der Waals surface area (Å²) in [5.74, 6) is 0.220. The van der Waals surface area contributed by atoms with Gasteiger partial charge in [0.25, 0.3) is 0 Å². The van der Waals surface area contributed by atoms with E-state index in [0.29, 0.717) is 12.5 Å². The van der Waals surface area contributed by atoms with Crippen molar-refractivity contribution in [3.8, 4) is 0 Å². The van der Waals surface area contributed by atoms with Crippen LogP contribution in [0.5, 0.6) is 0 Å². The van der Waals surface area contributed by atoms with E-state index in [9.17, 15) is 9.59 Å². The van der Waals surface area contributed by atoms with Crippen LogP contribution in [-0.2, 0) is 9.59 Å². The van der Waals surface area contributed by atoms with E-state index in [1.54, 1.807) is 4.90 Å². The van der Waals surface area contributed by atoms with E-state index >= 15 is 0 Å². The Morgan fingerprint density at radius 2 is 1.84 bits per heavy atom. The Morgan fingerprint density at radius 1 is 1.11 bits per heavy atom. The van der Waals surface area contributed by atoms with Gasteiger partial charge in [-0.3, -0.25) is 9.59 Å². The van der Waals surface area contributed by atoms with Crippen LogP contribution in [-0.4, -0.2) is 35.3 Å². The van der Waals surface area contributed by atoms with Gasteiger partial charge in [-0.25, -0.2) is 0 Å². The van der Waals surface area contributed by atoms with Crippen molar-refractivity contribution in [2.75, 3.05) is 6.54 Å². The van der Waals surface area contributed by atoms with Crippen molar-refractivity contribution in [3.63, 3.8) is 0 Å². The monoisotopic (exact) mass is 266 g/mol. The molecule has 0 bridgehead atoms. The first-order chi connectivity index (χ1) is 9.22. The molecule has 2 rings (SSSR count). The lowest BCUT2D eigenvalue weighted by atomic mass is 9.95. The SMILES string of the molecule is CCCC(=O)N1CCC[C@@H]1C(=O)NC1CCCCC1. The topological polar surface area (TPSA) is 49.4 Å². The Morgan fingerprint density at radius 3 is 2.53 bits per heavy atom. The molecule has 0 aromatic rings. The van der Waals surface area contributed by atoms with E-state index in [0.717, 1.165) is 38.6 Å². The molecule has 1 N–H and O–H groups in total. The molecule has 4 nitrogen and oxygen atoms in total. The van der Waals surface area contributed by atoms with Gasteiger partial charge in [0.15, 0.2) is 0 Å². The summed E-state index contributed by atoms with van der Waals surface area (Å²) in [7, 11) is 0. The van der Waals surface area contributed by atoms with Crippen molar-refractivity contribution < 1.29 is 9.59 Å². The van der Waals surface area contributed by atoms with Gasteiger partial charge in [-0.1, -0.05) is 26.2 Å². The minimum atomic E-state index is -0.207. The van der Waals surface area contributed by atoms with Crippen LogP contribution in [0.4, 0.5) is 0 Å². The van der Waals surface area contributed by atoms with Gasteiger partial charge in [-0.2, -0.15) is 0 Å². The van der Waals surface area contributed by atoms with E-state index in [1.807, 2.05) is 6.92 Å². The minimum absolute atomic E-state index is 0.0776. The van der Waals surface area contributed by atoms with Crippen molar-refractivity contribution >= 4 is 11.8 Å². The molecule has 0 radical (unpaired) electrons. The highest BCUT2D eigenvalue weighted by atomic mass is 16.2. The molecule has 0 spiro atoms. The van der Waals surface area contributed by atoms with Gasteiger partial charge in [0.2, 0.25) is 11.8 Å². The van der Waals surface area contributed by atoms with Crippen molar-refractivity contribution in [2.24, 2.45) is 0 Å². The van der Waals surface area contributed by atoms with Gasteiger partial charge in [0.05, 0.1) is 0 Å². The van der Waals surface area contributed by atoms with Gasteiger partial charge in [0, 0.05) is 19.0 Å². The van der Waals surface area contributed by atoms with Crippen LogP contribution in [0.25, 0.3) is 0 Å². The number of rotatable bonds is 4. The summed E-state index contributed by atoms with van der Waals surface area (Å²) in [6, 6.07) is 0.131. The zero-order valence-electron chi connectivity index (χ0n) is 12.0. The maximum atomic E-state index is 12.3. The molecular formula is C15H26N2O2. The molecule has 2 aliphatic rings. The fraction of sp³-hybridized carbons (Fsp3) is 0.867. The lowest BCUT2D eigenvalue weighted by molar-refractivity contribution is -0.138. The third-order valence-electron chi connectivity index (χ3n) is 4.29. The molecule has 1 heterocycles. The number of carbonyl (C=O) groups excluding carboxylic acids is 2. The molecule has 1 aliphatic heterocycles. The highest BCUT2D eigenvalue weighted by Gasteiger charge is 2.34. The number of hydrogen-bond donors (Lipinski definition) is 1.